The maximum Gasteiger partial charge on any atom is 0.182 e. The van der Waals surface area contributed by atoms with E-state index in [-0.39, 0.29) is 17.9 Å². The first-order chi connectivity index (χ1) is 9.65. The monoisotopic (exact) mass is 271 g/mol. The van der Waals surface area contributed by atoms with E-state index in [0.717, 1.165) is 23.0 Å². The summed E-state index contributed by atoms with van der Waals surface area (Å²) < 4.78 is 27.8. The van der Waals surface area contributed by atoms with E-state index in [0.29, 0.717) is 0 Å². The van der Waals surface area contributed by atoms with Gasteiger partial charge in [0.2, 0.25) is 0 Å². The number of halogens is 2. The number of Topliss-reactive ketones (excluding diaryl/α,β-unsaturated/α-hetero) is 1. The molecule has 3 aromatic rings. The number of benzene rings is 2. The Labute approximate surface area is 114 Å². The third-order valence-corrected chi connectivity index (χ3v) is 3.24. The Morgan fingerprint density at radius 1 is 1.00 bits per heavy atom. The van der Waals surface area contributed by atoms with Gasteiger partial charge in [0, 0.05) is 17.3 Å². The lowest BCUT2D eigenvalue weighted by molar-refractivity contribution is 0.0973. The molecule has 2 nitrogen and oxygen atoms in total. The molecule has 0 radical (unpaired) electrons. The Bertz CT molecular complexity index is 792. The molecule has 100 valence electrons. The van der Waals surface area contributed by atoms with Crippen LogP contribution in [0.5, 0.6) is 0 Å². The lowest BCUT2D eigenvalue weighted by Crippen LogP contribution is -2.10. The third kappa shape index (κ3) is 2.20. The topological polar surface area (TPSA) is 22.0 Å². The van der Waals surface area contributed by atoms with Crippen LogP contribution in [0.1, 0.15) is 10.4 Å². The quantitative estimate of drug-likeness (QED) is 0.664. The number of hydrogen-bond acceptors (Lipinski definition) is 1. The predicted octanol–water partition coefficient (Wildman–Crippen LogP) is 3.80. The van der Waals surface area contributed by atoms with Crippen molar-refractivity contribution in [1.29, 1.82) is 0 Å². The fraction of sp³-hybridized carbons (Fsp3) is 0.0625. The van der Waals surface area contributed by atoms with E-state index in [1.165, 1.54) is 6.07 Å². The van der Waals surface area contributed by atoms with E-state index in [2.05, 4.69) is 0 Å². The maximum atomic E-state index is 13.1. The SMILES string of the molecule is O=C(Cn1ccc2ccccc21)c1ccc(F)c(F)c1. The first-order valence-corrected chi connectivity index (χ1v) is 6.17. The summed E-state index contributed by atoms with van der Waals surface area (Å²) in [6.45, 7) is 0.0958. The smallest absolute Gasteiger partial charge is 0.182 e. The zero-order valence-corrected chi connectivity index (χ0v) is 10.5. The summed E-state index contributed by atoms with van der Waals surface area (Å²) >= 11 is 0. The summed E-state index contributed by atoms with van der Waals surface area (Å²) in [7, 11) is 0. The first-order valence-electron chi connectivity index (χ1n) is 6.17. The Morgan fingerprint density at radius 2 is 1.80 bits per heavy atom. The van der Waals surface area contributed by atoms with Crippen molar-refractivity contribution in [2.24, 2.45) is 0 Å². The van der Waals surface area contributed by atoms with Gasteiger partial charge in [0.05, 0.1) is 6.54 Å². The van der Waals surface area contributed by atoms with Crippen molar-refractivity contribution < 1.29 is 13.6 Å². The molecule has 1 heterocycles. The van der Waals surface area contributed by atoms with Crippen molar-refractivity contribution in [3.05, 3.63) is 71.9 Å². The number of fused-ring (bicyclic) bond motifs is 1. The minimum absolute atomic E-state index is 0.0958. The highest BCUT2D eigenvalue weighted by atomic mass is 19.2. The minimum atomic E-state index is -1.01. The molecule has 0 amide bonds. The number of rotatable bonds is 3. The van der Waals surface area contributed by atoms with Crippen LogP contribution in [-0.2, 0) is 6.54 Å². The van der Waals surface area contributed by atoms with Gasteiger partial charge in [-0.05, 0) is 35.7 Å². The molecule has 0 aliphatic rings. The molecular weight excluding hydrogens is 260 g/mol. The summed E-state index contributed by atoms with van der Waals surface area (Å²) in [5.74, 6) is -2.22. The van der Waals surface area contributed by atoms with Crippen LogP contribution < -0.4 is 0 Å². The fourth-order valence-electron chi connectivity index (χ4n) is 2.19. The van der Waals surface area contributed by atoms with Crippen molar-refractivity contribution in [2.45, 2.75) is 6.54 Å². The van der Waals surface area contributed by atoms with Crippen LogP contribution in [0.15, 0.2) is 54.7 Å². The van der Waals surface area contributed by atoms with Crippen LogP contribution in [-0.4, -0.2) is 10.4 Å². The summed E-state index contributed by atoms with van der Waals surface area (Å²) in [5.41, 5.74) is 1.10. The highest BCUT2D eigenvalue weighted by molar-refractivity contribution is 5.96. The van der Waals surface area contributed by atoms with Gasteiger partial charge in [-0.25, -0.2) is 8.78 Å². The van der Waals surface area contributed by atoms with Crippen molar-refractivity contribution in [1.82, 2.24) is 4.57 Å². The van der Waals surface area contributed by atoms with Crippen LogP contribution in [0.25, 0.3) is 10.9 Å². The van der Waals surface area contributed by atoms with Crippen molar-refractivity contribution >= 4 is 16.7 Å². The van der Waals surface area contributed by atoms with Gasteiger partial charge in [-0.3, -0.25) is 4.79 Å². The molecule has 0 spiro atoms. The van der Waals surface area contributed by atoms with E-state index >= 15 is 0 Å². The van der Waals surface area contributed by atoms with Gasteiger partial charge in [-0.1, -0.05) is 18.2 Å². The lowest BCUT2D eigenvalue weighted by atomic mass is 10.1. The molecule has 3 rings (SSSR count). The molecule has 20 heavy (non-hydrogen) atoms. The molecule has 4 heteroatoms. The summed E-state index contributed by atoms with van der Waals surface area (Å²) in [4.78, 5) is 12.1. The largest absolute Gasteiger partial charge is 0.340 e. The molecular formula is C16H11F2NO. The average Bonchev–Trinajstić information content (AvgIpc) is 2.85. The van der Waals surface area contributed by atoms with Gasteiger partial charge < -0.3 is 4.57 Å². The molecule has 0 fully saturated rings. The maximum absolute atomic E-state index is 13.1. The molecule has 0 atom stereocenters. The first kappa shape index (κ1) is 12.5. The van der Waals surface area contributed by atoms with E-state index in [1.807, 2.05) is 36.5 Å². The average molecular weight is 271 g/mol. The second-order valence-electron chi connectivity index (χ2n) is 4.55. The highest BCUT2D eigenvalue weighted by Gasteiger charge is 2.11. The number of carbonyl (C=O) groups is 1. The summed E-state index contributed by atoms with van der Waals surface area (Å²) in [5, 5.41) is 1.03. The van der Waals surface area contributed by atoms with Gasteiger partial charge in [0.15, 0.2) is 17.4 Å². The number of aromatic nitrogens is 1. The second-order valence-corrected chi connectivity index (χ2v) is 4.55. The van der Waals surface area contributed by atoms with Crippen LogP contribution in [0, 0.1) is 11.6 Å². The third-order valence-electron chi connectivity index (χ3n) is 3.24. The van der Waals surface area contributed by atoms with Gasteiger partial charge in [0.25, 0.3) is 0 Å². The predicted molar refractivity (Wildman–Crippen MR) is 72.6 cm³/mol. The molecule has 0 aliphatic heterocycles. The lowest BCUT2D eigenvalue weighted by Gasteiger charge is -2.05. The van der Waals surface area contributed by atoms with E-state index < -0.39 is 11.6 Å². The number of ketones is 1. The van der Waals surface area contributed by atoms with E-state index in [9.17, 15) is 13.6 Å². The minimum Gasteiger partial charge on any atom is -0.340 e. The van der Waals surface area contributed by atoms with Gasteiger partial charge in [0.1, 0.15) is 0 Å². The Morgan fingerprint density at radius 3 is 2.60 bits per heavy atom. The van der Waals surface area contributed by atoms with Crippen molar-refractivity contribution in [3.8, 4) is 0 Å². The Hall–Kier alpha value is -2.49. The normalized spacial score (nSPS) is 10.9. The Kier molecular flexibility index (Phi) is 3.06. The van der Waals surface area contributed by atoms with Crippen LogP contribution in [0.3, 0.4) is 0 Å². The zero-order chi connectivity index (χ0) is 14.1. The van der Waals surface area contributed by atoms with E-state index in [4.69, 9.17) is 0 Å². The number of nitrogens with zero attached hydrogens (tertiary/aromatic N) is 1. The molecule has 0 unspecified atom stereocenters. The van der Waals surface area contributed by atoms with Crippen LogP contribution in [0.4, 0.5) is 8.78 Å². The Balaban J connectivity index is 1.90. The second kappa shape index (κ2) is 4.89. The molecule has 0 N–H and O–H groups in total. The van der Waals surface area contributed by atoms with E-state index in [1.54, 1.807) is 4.57 Å². The van der Waals surface area contributed by atoms with Crippen LogP contribution >= 0.6 is 0 Å². The highest BCUT2D eigenvalue weighted by Crippen LogP contribution is 2.16. The molecule has 0 bridgehead atoms. The van der Waals surface area contributed by atoms with Gasteiger partial charge in [-0.15, -0.1) is 0 Å². The number of carbonyl (C=O) groups excluding carboxylic acids is 1. The summed E-state index contributed by atoms with van der Waals surface area (Å²) in [6.07, 6.45) is 1.81. The molecule has 2 aromatic carbocycles. The number of hydrogen-bond donors (Lipinski definition) is 0. The summed E-state index contributed by atoms with van der Waals surface area (Å²) in [6, 6.07) is 12.8. The fourth-order valence-corrected chi connectivity index (χ4v) is 2.19. The van der Waals surface area contributed by atoms with Crippen molar-refractivity contribution in [2.75, 3.05) is 0 Å². The van der Waals surface area contributed by atoms with Gasteiger partial charge >= 0.3 is 0 Å². The van der Waals surface area contributed by atoms with Crippen molar-refractivity contribution in [3.63, 3.8) is 0 Å². The standard InChI is InChI=1S/C16H11F2NO/c17-13-6-5-12(9-14(13)18)16(20)10-19-8-7-11-3-1-2-4-15(11)19/h1-9H,10H2. The molecule has 0 saturated carbocycles. The zero-order valence-electron chi connectivity index (χ0n) is 10.5. The number of para-hydroxylation sites is 1. The molecule has 0 saturated heterocycles. The molecule has 1 aromatic heterocycles. The van der Waals surface area contributed by atoms with Crippen LogP contribution in [0.2, 0.25) is 0 Å². The van der Waals surface area contributed by atoms with Gasteiger partial charge in [-0.2, -0.15) is 0 Å². The molecule has 0 aliphatic carbocycles.